The highest BCUT2D eigenvalue weighted by Crippen LogP contribution is 2.21. The second-order valence-corrected chi connectivity index (χ2v) is 5.92. The van der Waals surface area contributed by atoms with Crippen LogP contribution in [-0.2, 0) is 4.79 Å². The number of hydrogen-bond acceptors (Lipinski definition) is 4. The molecule has 1 saturated heterocycles. The summed E-state index contributed by atoms with van der Waals surface area (Å²) in [6.07, 6.45) is 1.92. The minimum Gasteiger partial charge on any atom is -0.398 e. The molecule has 4 N–H and O–H groups in total. The monoisotopic (exact) mass is 309 g/mol. The summed E-state index contributed by atoms with van der Waals surface area (Å²) in [4.78, 5) is 26.2. The van der Waals surface area contributed by atoms with Crippen LogP contribution in [0.15, 0.2) is 18.2 Å². The number of amides is 1. The third-order valence-electron chi connectivity index (χ3n) is 3.87. The maximum Gasteiger partial charge on any atom is 0.240 e. The quantitative estimate of drug-likeness (QED) is 0.656. The van der Waals surface area contributed by atoms with Crippen molar-refractivity contribution >= 4 is 29.0 Å². The molecular weight excluding hydrogens is 290 g/mol. The van der Waals surface area contributed by atoms with Crippen molar-refractivity contribution in [3.05, 3.63) is 28.8 Å². The van der Waals surface area contributed by atoms with Crippen LogP contribution in [0, 0.1) is 0 Å². The van der Waals surface area contributed by atoms with Gasteiger partial charge < -0.3 is 16.4 Å². The molecule has 1 aliphatic heterocycles. The molecule has 6 heteroatoms. The van der Waals surface area contributed by atoms with Crippen molar-refractivity contribution in [2.75, 3.05) is 12.3 Å². The Bertz CT molecular complexity index is 562. The van der Waals surface area contributed by atoms with E-state index in [1.807, 2.05) is 6.92 Å². The van der Waals surface area contributed by atoms with Crippen LogP contribution >= 0.6 is 11.6 Å². The first kappa shape index (κ1) is 15.8. The number of nitrogens with two attached hydrogens (primary N) is 2. The standard InChI is InChI=1S/C15H20ClN3O2/c1-9-3-2-6-19(9)15(21)13(18)8-14(20)11-5-4-10(16)7-12(11)17/h4-5,7,9,13H,2-3,6,8,17-18H2,1H3/t9-,13?/m1/s1. The van der Waals surface area contributed by atoms with Gasteiger partial charge in [-0.1, -0.05) is 11.6 Å². The van der Waals surface area contributed by atoms with E-state index < -0.39 is 6.04 Å². The van der Waals surface area contributed by atoms with Gasteiger partial charge >= 0.3 is 0 Å². The van der Waals surface area contributed by atoms with Crippen molar-refractivity contribution in [2.45, 2.75) is 38.3 Å². The number of Topliss-reactive ketones (excluding diaryl/α,β-unsaturated/α-hetero) is 1. The van der Waals surface area contributed by atoms with Crippen LogP contribution in [0.4, 0.5) is 5.69 Å². The van der Waals surface area contributed by atoms with Gasteiger partial charge in [-0.3, -0.25) is 9.59 Å². The van der Waals surface area contributed by atoms with Crippen LogP contribution in [0.1, 0.15) is 36.5 Å². The summed E-state index contributed by atoms with van der Waals surface area (Å²) in [7, 11) is 0. The normalized spacial score (nSPS) is 19.6. The van der Waals surface area contributed by atoms with Crippen molar-refractivity contribution in [1.82, 2.24) is 4.90 Å². The van der Waals surface area contributed by atoms with Crippen molar-refractivity contribution in [2.24, 2.45) is 5.73 Å². The molecule has 0 saturated carbocycles. The fourth-order valence-corrected chi connectivity index (χ4v) is 2.84. The van der Waals surface area contributed by atoms with Crippen LogP contribution in [0.5, 0.6) is 0 Å². The van der Waals surface area contributed by atoms with Gasteiger partial charge in [-0.2, -0.15) is 0 Å². The van der Waals surface area contributed by atoms with Gasteiger partial charge in [0.05, 0.1) is 6.04 Å². The van der Waals surface area contributed by atoms with E-state index in [4.69, 9.17) is 23.1 Å². The van der Waals surface area contributed by atoms with Crippen LogP contribution < -0.4 is 11.5 Å². The Hall–Kier alpha value is -1.59. The predicted octanol–water partition coefficient (Wildman–Crippen LogP) is 1.83. The highest BCUT2D eigenvalue weighted by molar-refractivity contribution is 6.31. The summed E-state index contributed by atoms with van der Waals surface area (Å²) in [6.45, 7) is 2.71. The minimum absolute atomic E-state index is 0.0477. The molecule has 0 aliphatic carbocycles. The van der Waals surface area contributed by atoms with Crippen molar-refractivity contribution < 1.29 is 9.59 Å². The number of carbonyl (C=O) groups excluding carboxylic acids is 2. The molecule has 114 valence electrons. The molecule has 1 aliphatic rings. The van der Waals surface area contributed by atoms with Crippen molar-refractivity contribution in [1.29, 1.82) is 0 Å². The van der Waals surface area contributed by atoms with Crippen molar-refractivity contribution in [3.63, 3.8) is 0 Å². The van der Waals surface area contributed by atoms with Crippen LogP contribution in [-0.4, -0.2) is 35.2 Å². The summed E-state index contributed by atoms with van der Waals surface area (Å²) >= 11 is 5.80. The van der Waals surface area contributed by atoms with Crippen molar-refractivity contribution in [3.8, 4) is 0 Å². The van der Waals surface area contributed by atoms with E-state index in [9.17, 15) is 9.59 Å². The molecule has 1 heterocycles. The Morgan fingerprint density at radius 3 is 2.76 bits per heavy atom. The lowest BCUT2D eigenvalue weighted by Gasteiger charge is -2.24. The molecule has 5 nitrogen and oxygen atoms in total. The third-order valence-corrected chi connectivity index (χ3v) is 4.11. The number of rotatable bonds is 4. The van der Waals surface area contributed by atoms with E-state index in [1.54, 1.807) is 17.0 Å². The zero-order valence-corrected chi connectivity index (χ0v) is 12.8. The van der Waals surface area contributed by atoms with Gasteiger partial charge in [0.15, 0.2) is 5.78 Å². The lowest BCUT2D eigenvalue weighted by Crippen LogP contribution is -2.46. The Balaban J connectivity index is 2.03. The minimum atomic E-state index is -0.826. The van der Waals surface area contributed by atoms with E-state index in [1.165, 1.54) is 6.07 Å². The highest BCUT2D eigenvalue weighted by atomic mass is 35.5. The maximum absolute atomic E-state index is 12.3. The molecule has 0 spiro atoms. The highest BCUT2D eigenvalue weighted by Gasteiger charge is 2.30. The number of halogens is 1. The average molecular weight is 310 g/mol. The number of ketones is 1. The first-order valence-corrected chi connectivity index (χ1v) is 7.42. The molecule has 1 fully saturated rings. The summed E-state index contributed by atoms with van der Waals surface area (Å²) < 4.78 is 0. The molecule has 1 aromatic rings. The lowest BCUT2D eigenvalue weighted by atomic mass is 10.0. The first-order chi connectivity index (χ1) is 9.90. The van der Waals surface area contributed by atoms with Gasteiger partial charge in [-0.25, -0.2) is 0 Å². The zero-order valence-electron chi connectivity index (χ0n) is 12.0. The molecule has 0 radical (unpaired) electrons. The summed E-state index contributed by atoms with van der Waals surface area (Å²) in [5.74, 6) is -0.405. The van der Waals surface area contributed by atoms with Crippen LogP contribution in [0.3, 0.4) is 0 Å². The number of benzene rings is 1. The third kappa shape index (κ3) is 3.54. The molecule has 2 rings (SSSR count). The SMILES string of the molecule is C[C@@H]1CCCN1C(=O)C(N)CC(=O)c1ccc(Cl)cc1N. The molecule has 0 aromatic heterocycles. The van der Waals surface area contributed by atoms with Crippen LogP contribution in [0.25, 0.3) is 0 Å². The van der Waals surface area contributed by atoms with Gasteiger partial charge in [0.25, 0.3) is 0 Å². The van der Waals surface area contributed by atoms with E-state index >= 15 is 0 Å². The van der Waals surface area contributed by atoms with Gasteiger partial charge in [-0.05, 0) is 38.0 Å². The fraction of sp³-hybridized carbons (Fsp3) is 0.467. The predicted molar refractivity (Wildman–Crippen MR) is 83.2 cm³/mol. The zero-order chi connectivity index (χ0) is 15.6. The number of anilines is 1. The summed E-state index contributed by atoms with van der Waals surface area (Å²) in [5, 5.41) is 0.468. The molecule has 21 heavy (non-hydrogen) atoms. The molecule has 2 atom stereocenters. The number of likely N-dealkylation sites (tertiary alicyclic amines) is 1. The van der Waals surface area contributed by atoms with Gasteiger partial charge in [-0.15, -0.1) is 0 Å². The molecule has 1 amide bonds. The maximum atomic E-state index is 12.3. The topological polar surface area (TPSA) is 89.4 Å². The number of nitrogen functional groups attached to an aromatic ring is 1. The number of carbonyl (C=O) groups is 2. The van der Waals surface area contributed by atoms with E-state index in [0.29, 0.717) is 22.8 Å². The molecule has 1 aromatic carbocycles. The van der Waals surface area contributed by atoms with Crippen LogP contribution in [0.2, 0.25) is 5.02 Å². The molecule has 0 bridgehead atoms. The second-order valence-electron chi connectivity index (χ2n) is 5.49. The summed E-state index contributed by atoms with van der Waals surface area (Å²) in [5.41, 5.74) is 12.3. The second kappa shape index (κ2) is 6.45. The van der Waals surface area contributed by atoms with Gasteiger partial charge in [0.1, 0.15) is 0 Å². The lowest BCUT2D eigenvalue weighted by molar-refractivity contribution is -0.133. The number of hydrogen-bond donors (Lipinski definition) is 2. The molecular formula is C15H20ClN3O2. The largest absolute Gasteiger partial charge is 0.398 e. The van der Waals surface area contributed by atoms with E-state index in [2.05, 4.69) is 0 Å². The Kier molecular flexibility index (Phi) is 4.85. The van der Waals surface area contributed by atoms with Gasteiger partial charge in [0, 0.05) is 35.3 Å². The summed E-state index contributed by atoms with van der Waals surface area (Å²) in [6, 6.07) is 4.05. The van der Waals surface area contributed by atoms with Gasteiger partial charge in [0.2, 0.25) is 5.91 Å². The smallest absolute Gasteiger partial charge is 0.240 e. The fourth-order valence-electron chi connectivity index (χ4n) is 2.66. The average Bonchev–Trinajstić information content (AvgIpc) is 2.83. The Labute approximate surface area is 129 Å². The number of nitrogens with zero attached hydrogens (tertiary/aromatic N) is 1. The molecule has 1 unspecified atom stereocenters. The Morgan fingerprint density at radius 1 is 1.48 bits per heavy atom. The van der Waals surface area contributed by atoms with E-state index in [-0.39, 0.29) is 24.2 Å². The first-order valence-electron chi connectivity index (χ1n) is 7.04. The Morgan fingerprint density at radius 2 is 2.19 bits per heavy atom. The van der Waals surface area contributed by atoms with E-state index in [0.717, 1.165) is 12.8 Å².